The maximum Gasteiger partial charge on any atom is 0.0466 e. The zero-order valence-electron chi connectivity index (χ0n) is 30.6. The average Bonchev–Trinajstić information content (AvgIpc) is 3.38. The van der Waals surface area contributed by atoms with Gasteiger partial charge in [-0.1, -0.05) is 123 Å². The molecule has 2 heteroatoms. The van der Waals surface area contributed by atoms with Crippen LogP contribution in [-0.4, -0.2) is 0 Å². The summed E-state index contributed by atoms with van der Waals surface area (Å²) >= 11 is 0. The van der Waals surface area contributed by atoms with Crippen LogP contribution in [0.15, 0.2) is 164 Å². The van der Waals surface area contributed by atoms with E-state index in [4.69, 9.17) is 0 Å². The monoisotopic (exact) mass is 672 g/mol. The van der Waals surface area contributed by atoms with Crippen molar-refractivity contribution in [3.63, 3.8) is 0 Å². The van der Waals surface area contributed by atoms with Gasteiger partial charge in [-0.25, -0.2) is 0 Å². The average molecular weight is 673 g/mol. The van der Waals surface area contributed by atoms with E-state index in [0.29, 0.717) is 0 Å². The Kier molecular flexibility index (Phi) is 8.61. The van der Waals surface area contributed by atoms with Gasteiger partial charge in [0.1, 0.15) is 0 Å². The van der Waals surface area contributed by atoms with E-state index in [9.17, 15) is 0 Å². The van der Waals surface area contributed by atoms with Crippen LogP contribution in [0.2, 0.25) is 0 Å². The van der Waals surface area contributed by atoms with Gasteiger partial charge in [0.15, 0.2) is 0 Å². The van der Waals surface area contributed by atoms with Crippen LogP contribution in [0.3, 0.4) is 0 Å². The standard InChI is InChI=1S/C50H44N2/c1-35-16-23-42(24-17-35)52(45-31-36(2)30-37(3)32-45)44-27-29-47-46-28-22-39(33-48(46)50(4,5)49(47)34-44)19-18-38-20-25-43(26-21-38)51(40-12-8-6-9-13-40)41-14-10-7-11-15-41/h6-34H,1-5H3. The molecule has 0 saturated heterocycles. The summed E-state index contributed by atoms with van der Waals surface area (Å²) in [6.45, 7) is 11.2. The molecule has 0 amide bonds. The summed E-state index contributed by atoms with van der Waals surface area (Å²) in [6, 6.07) is 59.6. The van der Waals surface area contributed by atoms with Gasteiger partial charge in [-0.2, -0.15) is 0 Å². The van der Waals surface area contributed by atoms with E-state index in [2.05, 4.69) is 220 Å². The molecule has 0 N–H and O–H groups in total. The number of benzene rings is 7. The van der Waals surface area contributed by atoms with Crippen LogP contribution >= 0.6 is 0 Å². The molecular weight excluding hydrogens is 629 g/mol. The van der Waals surface area contributed by atoms with Crippen molar-refractivity contribution in [2.45, 2.75) is 40.0 Å². The molecule has 0 radical (unpaired) electrons. The van der Waals surface area contributed by atoms with Crippen molar-refractivity contribution >= 4 is 46.3 Å². The van der Waals surface area contributed by atoms with E-state index in [1.807, 2.05) is 0 Å². The van der Waals surface area contributed by atoms with Crippen molar-refractivity contribution in [3.05, 3.63) is 203 Å². The van der Waals surface area contributed by atoms with Gasteiger partial charge in [-0.05, 0) is 138 Å². The third-order valence-electron chi connectivity index (χ3n) is 10.3. The molecule has 0 aromatic heterocycles. The van der Waals surface area contributed by atoms with E-state index >= 15 is 0 Å². The van der Waals surface area contributed by atoms with Gasteiger partial charge in [0.05, 0.1) is 0 Å². The van der Waals surface area contributed by atoms with Crippen LogP contribution < -0.4 is 9.80 Å². The summed E-state index contributed by atoms with van der Waals surface area (Å²) < 4.78 is 0. The second kappa shape index (κ2) is 13.5. The summed E-state index contributed by atoms with van der Waals surface area (Å²) in [4.78, 5) is 4.69. The molecule has 254 valence electrons. The van der Waals surface area contributed by atoms with Gasteiger partial charge in [-0.15, -0.1) is 0 Å². The summed E-state index contributed by atoms with van der Waals surface area (Å²) in [6.07, 6.45) is 4.46. The molecule has 1 aliphatic rings. The zero-order chi connectivity index (χ0) is 35.8. The SMILES string of the molecule is Cc1ccc(N(c2cc(C)cc(C)c2)c2ccc3c(c2)C(C)(C)c2cc(C=Cc4ccc(N(c5ccccc5)c5ccccc5)cc4)ccc2-3)cc1. The van der Waals surface area contributed by atoms with E-state index in [0.717, 1.165) is 22.7 Å². The van der Waals surface area contributed by atoms with Crippen LogP contribution in [0.25, 0.3) is 23.3 Å². The lowest BCUT2D eigenvalue weighted by Crippen LogP contribution is -2.17. The van der Waals surface area contributed by atoms with Crippen molar-refractivity contribution in [3.8, 4) is 11.1 Å². The summed E-state index contributed by atoms with van der Waals surface area (Å²) in [5.41, 5.74) is 18.3. The highest BCUT2D eigenvalue weighted by molar-refractivity contribution is 5.87. The topological polar surface area (TPSA) is 6.48 Å². The molecule has 0 bridgehead atoms. The molecule has 0 unspecified atom stereocenters. The Morgan fingerprint density at radius 1 is 0.365 bits per heavy atom. The Morgan fingerprint density at radius 3 is 1.40 bits per heavy atom. The number of aryl methyl sites for hydroxylation is 3. The molecule has 52 heavy (non-hydrogen) atoms. The minimum absolute atomic E-state index is 0.147. The maximum atomic E-state index is 2.41. The quantitative estimate of drug-likeness (QED) is 0.148. The normalized spacial score (nSPS) is 12.8. The molecule has 0 aliphatic heterocycles. The lowest BCUT2D eigenvalue weighted by Gasteiger charge is -2.28. The molecule has 0 spiro atoms. The van der Waals surface area contributed by atoms with Crippen LogP contribution in [0.4, 0.5) is 34.1 Å². The van der Waals surface area contributed by atoms with Crippen LogP contribution in [-0.2, 0) is 5.41 Å². The maximum absolute atomic E-state index is 2.41. The molecule has 7 aromatic rings. The molecule has 0 heterocycles. The third-order valence-corrected chi connectivity index (χ3v) is 10.3. The number of hydrogen-bond donors (Lipinski definition) is 0. The summed E-state index contributed by atoms with van der Waals surface area (Å²) in [5.74, 6) is 0. The Balaban J connectivity index is 1.09. The van der Waals surface area contributed by atoms with Crippen LogP contribution in [0.1, 0.15) is 52.8 Å². The molecule has 0 saturated carbocycles. The van der Waals surface area contributed by atoms with Gasteiger partial charge in [0.25, 0.3) is 0 Å². The van der Waals surface area contributed by atoms with Gasteiger partial charge in [0, 0.05) is 39.5 Å². The largest absolute Gasteiger partial charge is 0.311 e. The Hall–Kier alpha value is -6.12. The van der Waals surface area contributed by atoms with E-state index in [-0.39, 0.29) is 5.41 Å². The van der Waals surface area contributed by atoms with Gasteiger partial charge in [-0.3, -0.25) is 0 Å². The van der Waals surface area contributed by atoms with Crippen molar-refractivity contribution in [1.82, 2.24) is 0 Å². The van der Waals surface area contributed by atoms with E-state index < -0.39 is 0 Å². The highest BCUT2D eigenvalue weighted by atomic mass is 15.1. The van der Waals surface area contributed by atoms with Gasteiger partial charge < -0.3 is 9.80 Å². The first-order valence-corrected chi connectivity index (χ1v) is 18.2. The minimum atomic E-state index is -0.147. The molecule has 7 aromatic carbocycles. The number of hydrogen-bond acceptors (Lipinski definition) is 2. The Labute approximate surface area is 309 Å². The van der Waals surface area contributed by atoms with Crippen LogP contribution in [0.5, 0.6) is 0 Å². The van der Waals surface area contributed by atoms with Gasteiger partial charge >= 0.3 is 0 Å². The molecule has 0 atom stereocenters. The van der Waals surface area contributed by atoms with E-state index in [1.165, 1.54) is 61.4 Å². The van der Waals surface area contributed by atoms with Crippen molar-refractivity contribution in [2.75, 3.05) is 9.80 Å². The fourth-order valence-corrected chi connectivity index (χ4v) is 7.73. The van der Waals surface area contributed by atoms with Crippen molar-refractivity contribution in [1.29, 1.82) is 0 Å². The molecular formula is C50H44N2. The number of anilines is 6. The molecule has 2 nitrogen and oxygen atoms in total. The van der Waals surface area contributed by atoms with Crippen LogP contribution in [0, 0.1) is 20.8 Å². The zero-order valence-corrected chi connectivity index (χ0v) is 30.6. The smallest absolute Gasteiger partial charge is 0.0466 e. The number of para-hydroxylation sites is 2. The predicted octanol–water partition coefficient (Wildman–Crippen LogP) is 14.0. The van der Waals surface area contributed by atoms with Gasteiger partial charge in [0.2, 0.25) is 0 Å². The number of rotatable bonds is 8. The number of fused-ring (bicyclic) bond motifs is 3. The Bertz CT molecular complexity index is 2330. The lowest BCUT2D eigenvalue weighted by molar-refractivity contribution is 0.660. The summed E-state index contributed by atoms with van der Waals surface area (Å²) in [5, 5.41) is 0. The van der Waals surface area contributed by atoms with E-state index in [1.54, 1.807) is 0 Å². The fraction of sp³-hybridized carbons (Fsp3) is 0.120. The second-order valence-corrected chi connectivity index (χ2v) is 14.6. The fourth-order valence-electron chi connectivity index (χ4n) is 7.73. The second-order valence-electron chi connectivity index (χ2n) is 14.6. The van der Waals surface area contributed by atoms with Crippen molar-refractivity contribution < 1.29 is 0 Å². The first-order valence-electron chi connectivity index (χ1n) is 18.2. The first-order chi connectivity index (χ1) is 25.2. The predicted molar refractivity (Wildman–Crippen MR) is 223 cm³/mol. The highest BCUT2D eigenvalue weighted by Crippen LogP contribution is 2.51. The minimum Gasteiger partial charge on any atom is -0.311 e. The Morgan fingerprint density at radius 2 is 0.808 bits per heavy atom. The molecule has 0 fully saturated rings. The third kappa shape index (κ3) is 6.33. The number of nitrogens with zero attached hydrogens (tertiary/aromatic N) is 2. The first kappa shape index (κ1) is 33.0. The molecule has 8 rings (SSSR count). The summed E-state index contributed by atoms with van der Waals surface area (Å²) in [7, 11) is 0. The van der Waals surface area contributed by atoms with Crippen molar-refractivity contribution in [2.24, 2.45) is 0 Å². The molecule has 1 aliphatic carbocycles. The highest BCUT2D eigenvalue weighted by Gasteiger charge is 2.36. The lowest BCUT2D eigenvalue weighted by atomic mass is 9.81.